The molecular weight excluding hydrogens is 282 g/mol. The Bertz CT molecular complexity index is 454. The van der Waals surface area contributed by atoms with Gasteiger partial charge in [-0.3, -0.25) is 0 Å². The second-order valence-electron chi connectivity index (χ2n) is 4.36. The highest BCUT2D eigenvalue weighted by Crippen LogP contribution is 2.28. The molecule has 0 aliphatic carbocycles. The third-order valence-corrected chi connectivity index (χ3v) is 4.10. The molecule has 0 aliphatic rings. The van der Waals surface area contributed by atoms with Crippen molar-refractivity contribution < 1.29 is 5.21 Å². The van der Waals surface area contributed by atoms with E-state index in [1.807, 2.05) is 30.9 Å². The highest BCUT2D eigenvalue weighted by molar-refractivity contribution is 7.98. The van der Waals surface area contributed by atoms with E-state index in [1.165, 1.54) is 0 Å². The van der Waals surface area contributed by atoms with Crippen LogP contribution in [-0.2, 0) is 0 Å². The number of thioether (sulfide) groups is 1. The Hall–Kier alpha value is -1.07. The molecule has 0 aliphatic heterocycles. The topological polar surface area (TPSA) is 61.8 Å². The van der Waals surface area contributed by atoms with Crippen molar-refractivity contribution in [2.75, 3.05) is 24.0 Å². The number of hydrogen-bond acceptors (Lipinski definition) is 4. The van der Waals surface area contributed by atoms with E-state index < -0.39 is 0 Å². The molecule has 0 fully saturated rings. The summed E-state index contributed by atoms with van der Waals surface area (Å²) in [5.41, 5.74) is 7.16. The van der Waals surface area contributed by atoms with Gasteiger partial charge in [0.05, 0.1) is 10.6 Å². The first-order chi connectivity index (χ1) is 9.02. The van der Waals surface area contributed by atoms with Crippen LogP contribution in [0.5, 0.6) is 0 Å². The zero-order valence-electron chi connectivity index (χ0n) is 11.4. The molecule has 106 valence electrons. The van der Waals surface area contributed by atoms with Gasteiger partial charge in [0.1, 0.15) is 0 Å². The maximum Gasteiger partial charge on any atom is 0.173 e. The Labute approximate surface area is 123 Å². The van der Waals surface area contributed by atoms with E-state index in [1.54, 1.807) is 6.07 Å². The number of hydrogen-bond donors (Lipinski definition) is 2. The molecule has 0 amide bonds. The van der Waals surface area contributed by atoms with Gasteiger partial charge in [-0.2, -0.15) is 11.8 Å². The Morgan fingerprint density at radius 1 is 1.58 bits per heavy atom. The van der Waals surface area contributed by atoms with Gasteiger partial charge in [-0.1, -0.05) is 22.8 Å². The van der Waals surface area contributed by atoms with E-state index in [-0.39, 0.29) is 5.84 Å². The summed E-state index contributed by atoms with van der Waals surface area (Å²) in [7, 11) is 1.99. The van der Waals surface area contributed by atoms with E-state index in [0.29, 0.717) is 16.6 Å². The third-order valence-electron chi connectivity index (χ3n) is 3.14. The molecule has 1 aromatic rings. The number of oxime groups is 1. The summed E-state index contributed by atoms with van der Waals surface area (Å²) in [4.78, 5) is 2.11. The second-order valence-corrected chi connectivity index (χ2v) is 5.75. The molecule has 1 atom stereocenters. The lowest BCUT2D eigenvalue weighted by atomic mass is 10.1. The van der Waals surface area contributed by atoms with Crippen LogP contribution in [-0.4, -0.2) is 36.1 Å². The van der Waals surface area contributed by atoms with Gasteiger partial charge >= 0.3 is 0 Å². The lowest BCUT2D eigenvalue weighted by Crippen LogP contribution is -2.31. The Kier molecular flexibility index (Phi) is 6.31. The molecule has 0 bridgehead atoms. The molecular formula is C13H20ClN3OS. The van der Waals surface area contributed by atoms with Crippen LogP contribution in [0.3, 0.4) is 0 Å². The third kappa shape index (κ3) is 3.94. The predicted molar refractivity (Wildman–Crippen MR) is 84.8 cm³/mol. The maximum atomic E-state index is 8.88. The zero-order chi connectivity index (χ0) is 14.4. The first-order valence-electron chi connectivity index (χ1n) is 6.01. The number of rotatable bonds is 6. The summed E-state index contributed by atoms with van der Waals surface area (Å²) in [6.07, 6.45) is 3.15. The smallest absolute Gasteiger partial charge is 0.173 e. The average molecular weight is 302 g/mol. The molecule has 0 saturated heterocycles. The largest absolute Gasteiger partial charge is 0.409 e. The number of halogens is 1. The summed E-state index contributed by atoms with van der Waals surface area (Å²) in [6, 6.07) is 5.87. The molecule has 4 nitrogen and oxygen atoms in total. The van der Waals surface area contributed by atoms with Crippen molar-refractivity contribution >= 4 is 34.9 Å². The molecule has 0 heterocycles. The van der Waals surface area contributed by atoms with Crippen molar-refractivity contribution in [1.29, 1.82) is 0 Å². The summed E-state index contributed by atoms with van der Waals surface area (Å²) in [6.45, 7) is 2.15. The van der Waals surface area contributed by atoms with Crippen LogP contribution in [0.1, 0.15) is 18.9 Å². The van der Waals surface area contributed by atoms with E-state index in [9.17, 15) is 0 Å². The van der Waals surface area contributed by atoms with Gasteiger partial charge < -0.3 is 15.8 Å². The van der Waals surface area contributed by atoms with Gasteiger partial charge in [-0.05, 0) is 37.5 Å². The predicted octanol–water partition coefficient (Wildman–Crippen LogP) is 3.01. The van der Waals surface area contributed by atoms with Crippen LogP contribution in [0.15, 0.2) is 23.4 Å². The minimum Gasteiger partial charge on any atom is -0.409 e. The van der Waals surface area contributed by atoms with Crippen LogP contribution in [0.2, 0.25) is 5.02 Å². The molecule has 1 rings (SSSR count). The number of amidine groups is 1. The van der Waals surface area contributed by atoms with Gasteiger partial charge in [0.25, 0.3) is 0 Å². The molecule has 6 heteroatoms. The Morgan fingerprint density at radius 3 is 2.84 bits per heavy atom. The quantitative estimate of drug-likeness (QED) is 0.367. The van der Waals surface area contributed by atoms with Crippen molar-refractivity contribution in [2.24, 2.45) is 10.9 Å². The van der Waals surface area contributed by atoms with Crippen LogP contribution < -0.4 is 10.6 Å². The number of nitrogens with two attached hydrogens (primary N) is 1. The van der Waals surface area contributed by atoms with Gasteiger partial charge in [-0.15, -0.1) is 0 Å². The van der Waals surface area contributed by atoms with Gasteiger partial charge in [0, 0.05) is 18.8 Å². The van der Waals surface area contributed by atoms with Crippen LogP contribution >= 0.6 is 23.4 Å². The minimum atomic E-state index is 0.0320. The van der Waals surface area contributed by atoms with Crippen LogP contribution in [0.4, 0.5) is 5.69 Å². The monoisotopic (exact) mass is 301 g/mol. The Balaban J connectivity index is 3.09. The van der Waals surface area contributed by atoms with E-state index in [4.69, 9.17) is 22.5 Å². The fourth-order valence-corrected chi connectivity index (χ4v) is 2.67. The minimum absolute atomic E-state index is 0.0320. The molecule has 1 unspecified atom stereocenters. The summed E-state index contributed by atoms with van der Waals surface area (Å²) in [5, 5.41) is 12.4. The summed E-state index contributed by atoms with van der Waals surface area (Å²) < 4.78 is 0. The second kappa shape index (κ2) is 7.50. The lowest BCUT2D eigenvalue weighted by Gasteiger charge is -2.29. The molecule has 0 aromatic heterocycles. The highest BCUT2D eigenvalue weighted by atomic mass is 35.5. The molecule has 0 spiro atoms. The van der Waals surface area contributed by atoms with Gasteiger partial charge in [-0.25, -0.2) is 0 Å². The van der Waals surface area contributed by atoms with Crippen LogP contribution in [0, 0.1) is 0 Å². The lowest BCUT2D eigenvalue weighted by molar-refractivity contribution is 0.318. The van der Waals surface area contributed by atoms with Crippen molar-refractivity contribution in [1.82, 2.24) is 0 Å². The normalized spacial score (nSPS) is 13.4. The van der Waals surface area contributed by atoms with Crippen LogP contribution in [0.25, 0.3) is 0 Å². The van der Waals surface area contributed by atoms with Crippen molar-refractivity contribution in [2.45, 2.75) is 19.4 Å². The highest BCUT2D eigenvalue weighted by Gasteiger charge is 2.18. The van der Waals surface area contributed by atoms with Crippen molar-refractivity contribution in [3.63, 3.8) is 0 Å². The van der Waals surface area contributed by atoms with Gasteiger partial charge in [0.2, 0.25) is 0 Å². The van der Waals surface area contributed by atoms with E-state index in [0.717, 1.165) is 17.9 Å². The standard InChI is InChI=1S/C13H20ClN3OS/c1-9(7-8-19-3)17(2)11-6-4-5-10(14)12(11)13(15)16-18/h4-6,9,18H,7-8H2,1-3H3,(H2,15,16). The van der Waals surface area contributed by atoms with E-state index >= 15 is 0 Å². The number of anilines is 1. The number of benzene rings is 1. The van der Waals surface area contributed by atoms with Crippen molar-refractivity contribution in [3.8, 4) is 0 Å². The van der Waals surface area contributed by atoms with Gasteiger partial charge in [0.15, 0.2) is 5.84 Å². The van der Waals surface area contributed by atoms with E-state index in [2.05, 4.69) is 23.2 Å². The molecule has 19 heavy (non-hydrogen) atoms. The first-order valence-corrected chi connectivity index (χ1v) is 7.78. The Morgan fingerprint density at radius 2 is 2.26 bits per heavy atom. The molecule has 0 saturated carbocycles. The SMILES string of the molecule is CSCCC(C)N(C)c1cccc(Cl)c1/C(N)=N/O. The fraction of sp³-hybridized carbons (Fsp3) is 0.462. The number of nitrogens with zero attached hydrogens (tertiary/aromatic N) is 2. The summed E-state index contributed by atoms with van der Waals surface area (Å²) in [5.74, 6) is 1.12. The summed E-state index contributed by atoms with van der Waals surface area (Å²) >= 11 is 7.97. The molecule has 0 radical (unpaired) electrons. The van der Waals surface area contributed by atoms with Crippen molar-refractivity contribution in [3.05, 3.63) is 28.8 Å². The molecule has 3 N–H and O–H groups in total. The first kappa shape index (κ1) is 16.0. The maximum absolute atomic E-state index is 8.88. The molecule has 1 aromatic carbocycles. The zero-order valence-corrected chi connectivity index (χ0v) is 13.0. The fourth-order valence-electron chi connectivity index (χ4n) is 1.83. The average Bonchev–Trinajstić information content (AvgIpc) is 2.42.